The number of hydrogen-bond donors (Lipinski definition) is 1. The molecule has 168 valence electrons. The number of hydrogen-bond acceptors (Lipinski definition) is 6. The molecule has 2 unspecified atom stereocenters. The average Bonchev–Trinajstić information content (AvgIpc) is 3.02. The smallest absolute Gasteiger partial charge is 0.267 e. The number of nitrogens with one attached hydrogen (secondary N) is 1. The zero-order valence-corrected chi connectivity index (χ0v) is 21.2. The van der Waals surface area contributed by atoms with Gasteiger partial charge in [-0.1, -0.05) is 37.2 Å². The van der Waals surface area contributed by atoms with E-state index in [0.29, 0.717) is 26.1 Å². The minimum atomic E-state index is -0.985. The van der Waals surface area contributed by atoms with Crippen LogP contribution in [0.15, 0.2) is 34.2 Å². The molecule has 6 nitrogen and oxygen atoms in total. The first kappa shape index (κ1) is 24.3. The number of aryl methyl sites for hydroxylation is 2. The first-order chi connectivity index (χ1) is 15.0. The second kappa shape index (κ2) is 9.26. The molecule has 0 fully saturated rings. The summed E-state index contributed by atoms with van der Waals surface area (Å²) < 4.78 is 1.53. The van der Waals surface area contributed by atoms with Gasteiger partial charge in [-0.3, -0.25) is 14.2 Å². The molecule has 3 aromatic rings. The van der Waals surface area contributed by atoms with Crippen LogP contribution in [0.3, 0.4) is 0 Å². The van der Waals surface area contributed by atoms with Crippen LogP contribution in [0.4, 0.5) is 0 Å². The number of nitrogens with zero attached hydrogens (tertiary/aromatic N) is 3. The molecule has 1 N–H and O–H groups in total. The van der Waals surface area contributed by atoms with Crippen molar-refractivity contribution in [2.45, 2.75) is 57.5 Å². The SMILES string of the molecule is Cc1sc2nc(SC(C)C(=O)NC(C)(C#N)C(C)C)n(-c3ccc(Cl)cc3)c(=O)c2c1C. The number of thiophene rings is 1. The van der Waals surface area contributed by atoms with Crippen LogP contribution in [0.25, 0.3) is 15.9 Å². The largest absolute Gasteiger partial charge is 0.337 e. The summed E-state index contributed by atoms with van der Waals surface area (Å²) in [5, 5.41) is 13.4. The first-order valence-electron chi connectivity index (χ1n) is 10.2. The third-order valence-electron chi connectivity index (χ3n) is 5.68. The Morgan fingerprint density at radius 1 is 1.28 bits per heavy atom. The predicted octanol–water partition coefficient (Wildman–Crippen LogP) is 5.25. The summed E-state index contributed by atoms with van der Waals surface area (Å²) in [6.45, 7) is 11.1. The number of nitriles is 1. The monoisotopic (exact) mass is 488 g/mol. The van der Waals surface area contributed by atoms with Crippen LogP contribution in [0, 0.1) is 31.1 Å². The standard InChI is InChI=1S/C23H25ClN4O2S2/c1-12(2)23(6,11-25)27-19(29)15(5)32-22-26-20-18(13(3)14(4)31-20)21(30)28(22)17-9-7-16(24)8-10-17/h7-10,12,15H,1-6H3,(H,27,29). The molecule has 0 bridgehead atoms. The Morgan fingerprint density at radius 2 is 1.91 bits per heavy atom. The molecule has 9 heteroatoms. The lowest BCUT2D eigenvalue weighted by atomic mass is 9.90. The summed E-state index contributed by atoms with van der Waals surface area (Å²) in [6.07, 6.45) is 0. The zero-order chi connectivity index (χ0) is 23.8. The number of carbonyl (C=O) groups is 1. The quantitative estimate of drug-likeness (QED) is 0.378. The molecular formula is C23H25ClN4O2S2. The number of amides is 1. The summed E-state index contributed by atoms with van der Waals surface area (Å²) in [6, 6.07) is 9.13. The van der Waals surface area contributed by atoms with Gasteiger partial charge >= 0.3 is 0 Å². The third kappa shape index (κ3) is 4.56. The average molecular weight is 489 g/mol. The van der Waals surface area contributed by atoms with E-state index < -0.39 is 10.8 Å². The van der Waals surface area contributed by atoms with Gasteiger partial charge in [0.25, 0.3) is 5.56 Å². The molecular weight excluding hydrogens is 464 g/mol. The third-order valence-corrected chi connectivity index (χ3v) is 8.08. The van der Waals surface area contributed by atoms with Crippen LogP contribution in [-0.4, -0.2) is 26.2 Å². The van der Waals surface area contributed by atoms with Gasteiger partial charge in [-0.05, 0) is 63.4 Å². The normalized spacial score (nSPS) is 14.2. The Kier molecular flexibility index (Phi) is 7.03. The van der Waals surface area contributed by atoms with E-state index in [1.807, 2.05) is 27.7 Å². The minimum absolute atomic E-state index is 0.0626. The maximum Gasteiger partial charge on any atom is 0.267 e. The fraction of sp³-hybridized carbons (Fsp3) is 0.391. The first-order valence-corrected chi connectivity index (χ1v) is 12.2. The van der Waals surface area contributed by atoms with Crippen molar-refractivity contribution in [3.8, 4) is 11.8 Å². The molecule has 2 atom stereocenters. The van der Waals surface area contributed by atoms with Crippen LogP contribution >= 0.6 is 34.7 Å². The second-order valence-electron chi connectivity index (χ2n) is 8.19. The molecule has 0 aliphatic carbocycles. The molecule has 32 heavy (non-hydrogen) atoms. The second-order valence-corrected chi connectivity index (χ2v) is 11.1. The van der Waals surface area contributed by atoms with Gasteiger partial charge in [-0.2, -0.15) is 5.26 Å². The van der Waals surface area contributed by atoms with Gasteiger partial charge in [0.05, 0.1) is 22.4 Å². The maximum atomic E-state index is 13.5. The van der Waals surface area contributed by atoms with Gasteiger partial charge in [0.15, 0.2) is 5.16 Å². The molecule has 2 heterocycles. The van der Waals surface area contributed by atoms with Crippen molar-refractivity contribution in [3.63, 3.8) is 0 Å². The minimum Gasteiger partial charge on any atom is -0.337 e. The molecule has 0 spiro atoms. The Labute approximate surface area is 200 Å². The Bertz CT molecular complexity index is 1270. The van der Waals surface area contributed by atoms with Crippen LogP contribution in [0.1, 0.15) is 38.1 Å². The number of benzene rings is 1. The fourth-order valence-corrected chi connectivity index (χ4v) is 5.17. The van der Waals surface area contributed by atoms with E-state index in [1.165, 1.54) is 27.7 Å². The lowest BCUT2D eigenvalue weighted by Gasteiger charge is -2.28. The Morgan fingerprint density at radius 3 is 2.47 bits per heavy atom. The molecule has 1 amide bonds. The van der Waals surface area contributed by atoms with Crippen LogP contribution in [-0.2, 0) is 4.79 Å². The molecule has 0 radical (unpaired) electrons. The predicted molar refractivity (Wildman–Crippen MR) is 132 cm³/mol. The van der Waals surface area contributed by atoms with E-state index in [-0.39, 0.29) is 17.4 Å². The van der Waals surface area contributed by atoms with Gasteiger partial charge in [0.1, 0.15) is 10.4 Å². The number of carbonyl (C=O) groups excluding carboxylic acids is 1. The molecule has 0 aliphatic rings. The van der Waals surface area contributed by atoms with Gasteiger partial charge in [-0.25, -0.2) is 4.98 Å². The number of aromatic nitrogens is 2. The van der Waals surface area contributed by atoms with E-state index in [4.69, 9.17) is 16.6 Å². The van der Waals surface area contributed by atoms with E-state index in [0.717, 1.165) is 10.4 Å². The van der Waals surface area contributed by atoms with Gasteiger partial charge in [0.2, 0.25) is 5.91 Å². The van der Waals surface area contributed by atoms with Gasteiger partial charge in [0, 0.05) is 9.90 Å². The van der Waals surface area contributed by atoms with Gasteiger partial charge < -0.3 is 5.32 Å². The van der Waals surface area contributed by atoms with Crippen molar-refractivity contribution in [1.29, 1.82) is 5.26 Å². The molecule has 2 aromatic heterocycles. The summed E-state index contributed by atoms with van der Waals surface area (Å²) in [4.78, 5) is 32.9. The summed E-state index contributed by atoms with van der Waals surface area (Å²) in [5.74, 6) is -0.351. The van der Waals surface area contributed by atoms with Crippen LogP contribution < -0.4 is 10.9 Å². The number of halogens is 1. The zero-order valence-electron chi connectivity index (χ0n) is 18.8. The summed E-state index contributed by atoms with van der Waals surface area (Å²) in [5.41, 5.74) is 0.366. The van der Waals surface area contributed by atoms with Crippen molar-refractivity contribution >= 4 is 50.8 Å². The highest BCUT2D eigenvalue weighted by molar-refractivity contribution is 8.00. The van der Waals surface area contributed by atoms with Crippen molar-refractivity contribution in [1.82, 2.24) is 14.9 Å². The van der Waals surface area contributed by atoms with Crippen LogP contribution in [0.5, 0.6) is 0 Å². The topological polar surface area (TPSA) is 87.8 Å². The molecule has 0 saturated heterocycles. The van der Waals surface area contributed by atoms with Crippen molar-refractivity contribution in [2.24, 2.45) is 5.92 Å². The molecule has 0 saturated carbocycles. The van der Waals surface area contributed by atoms with E-state index in [9.17, 15) is 14.9 Å². The van der Waals surface area contributed by atoms with Crippen molar-refractivity contribution in [3.05, 3.63) is 50.1 Å². The van der Waals surface area contributed by atoms with Crippen molar-refractivity contribution in [2.75, 3.05) is 0 Å². The highest BCUT2D eigenvalue weighted by Crippen LogP contribution is 2.31. The molecule has 1 aromatic carbocycles. The lowest BCUT2D eigenvalue weighted by molar-refractivity contribution is -0.121. The molecule has 0 aliphatic heterocycles. The highest BCUT2D eigenvalue weighted by atomic mass is 35.5. The fourth-order valence-electron chi connectivity index (χ4n) is 3.04. The highest BCUT2D eigenvalue weighted by Gasteiger charge is 2.32. The van der Waals surface area contributed by atoms with Crippen molar-refractivity contribution < 1.29 is 4.79 Å². The molecule has 3 rings (SSSR count). The lowest BCUT2D eigenvalue weighted by Crippen LogP contribution is -2.51. The van der Waals surface area contributed by atoms with Crippen LogP contribution in [0.2, 0.25) is 5.02 Å². The van der Waals surface area contributed by atoms with Gasteiger partial charge in [-0.15, -0.1) is 11.3 Å². The van der Waals surface area contributed by atoms with E-state index in [2.05, 4.69) is 11.4 Å². The summed E-state index contributed by atoms with van der Waals surface area (Å²) >= 11 is 8.70. The summed E-state index contributed by atoms with van der Waals surface area (Å²) in [7, 11) is 0. The number of fused-ring (bicyclic) bond motifs is 1. The number of thioether (sulfide) groups is 1. The maximum absolute atomic E-state index is 13.5. The van der Waals surface area contributed by atoms with E-state index in [1.54, 1.807) is 38.1 Å². The number of rotatable bonds is 6. The Hall–Kier alpha value is -2.34. The Balaban J connectivity index is 2.08. The van der Waals surface area contributed by atoms with E-state index >= 15 is 0 Å².